The van der Waals surface area contributed by atoms with Crippen molar-refractivity contribution in [1.82, 2.24) is 5.32 Å². The third-order valence-electron chi connectivity index (χ3n) is 3.74. The lowest BCUT2D eigenvalue weighted by atomic mass is 9.79. The number of amides is 1. The summed E-state index contributed by atoms with van der Waals surface area (Å²) in [6.45, 7) is 5.05. The molecule has 0 heterocycles. The van der Waals surface area contributed by atoms with Crippen molar-refractivity contribution in [3.8, 4) is 0 Å². The molecule has 0 aromatic rings. The molecule has 1 saturated carbocycles. The fourth-order valence-corrected chi connectivity index (χ4v) is 2.75. The molecule has 1 unspecified atom stereocenters. The second kappa shape index (κ2) is 8.12. The highest BCUT2D eigenvalue weighted by Crippen LogP contribution is 2.31. The van der Waals surface area contributed by atoms with Crippen LogP contribution >= 0.6 is 15.9 Å². The van der Waals surface area contributed by atoms with Gasteiger partial charge in [-0.1, -0.05) is 49.0 Å². The van der Waals surface area contributed by atoms with Crippen molar-refractivity contribution in [2.75, 3.05) is 6.54 Å². The van der Waals surface area contributed by atoms with E-state index in [9.17, 15) is 4.79 Å². The van der Waals surface area contributed by atoms with Gasteiger partial charge in [0.25, 0.3) is 0 Å². The van der Waals surface area contributed by atoms with Crippen LogP contribution in [0.3, 0.4) is 0 Å². The highest BCUT2D eigenvalue weighted by Gasteiger charge is 2.25. The molecule has 0 aromatic heterocycles. The molecule has 1 amide bonds. The van der Waals surface area contributed by atoms with Gasteiger partial charge >= 0.3 is 0 Å². The number of carbonyl (C=O) groups excluding carboxylic acids is 1. The zero-order chi connectivity index (χ0) is 12.7. The molecule has 1 fully saturated rings. The molecule has 1 atom stereocenters. The zero-order valence-corrected chi connectivity index (χ0v) is 12.8. The maximum atomic E-state index is 11.9. The van der Waals surface area contributed by atoms with Crippen LogP contribution in [0.15, 0.2) is 0 Å². The topological polar surface area (TPSA) is 29.1 Å². The van der Waals surface area contributed by atoms with Crippen molar-refractivity contribution < 1.29 is 4.79 Å². The number of rotatable bonds is 6. The van der Waals surface area contributed by atoms with E-state index in [1.165, 1.54) is 32.1 Å². The fraction of sp³-hybridized carbons (Fsp3) is 0.929. The molecule has 17 heavy (non-hydrogen) atoms. The first-order valence-electron chi connectivity index (χ1n) is 7.05. The molecule has 0 aromatic carbocycles. The predicted octanol–water partition coefficient (Wildman–Crippen LogP) is 3.88. The lowest BCUT2D eigenvalue weighted by Gasteiger charge is -2.27. The van der Waals surface area contributed by atoms with Crippen LogP contribution in [0.25, 0.3) is 0 Å². The van der Waals surface area contributed by atoms with Gasteiger partial charge in [0.1, 0.15) is 0 Å². The summed E-state index contributed by atoms with van der Waals surface area (Å²) in [6.07, 6.45) is 8.70. The van der Waals surface area contributed by atoms with Gasteiger partial charge in [-0.15, -0.1) is 0 Å². The Bertz CT molecular complexity index is 222. The summed E-state index contributed by atoms with van der Waals surface area (Å²) in [5, 5.41) is 3.02. The SMILES string of the molecule is CCCCC1CCC(C(=O)NCC(C)Br)CC1. The van der Waals surface area contributed by atoms with Gasteiger partial charge in [-0.05, 0) is 31.6 Å². The predicted molar refractivity (Wildman–Crippen MR) is 76.4 cm³/mol. The standard InChI is InChI=1S/C14H26BrNO/c1-3-4-5-12-6-8-13(9-7-12)14(17)16-10-11(2)15/h11-13H,3-10H2,1-2H3,(H,16,17). The van der Waals surface area contributed by atoms with Gasteiger partial charge in [-0.25, -0.2) is 0 Å². The smallest absolute Gasteiger partial charge is 0.223 e. The van der Waals surface area contributed by atoms with Crippen LogP contribution in [0.1, 0.15) is 58.8 Å². The minimum atomic E-state index is 0.269. The van der Waals surface area contributed by atoms with E-state index in [4.69, 9.17) is 0 Å². The Kier molecular flexibility index (Phi) is 7.17. The maximum Gasteiger partial charge on any atom is 0.223 e. The molecule has 1 N–H and O–H groups in total. The Morgan fingerprint density at radius 1 is 1.35 bits per heavy atom. The van der Waals surface area contributed by atoms with Gasteiger partial charge in [0, 0.05) is 17.3 Å². The summed E-state index contributed by atoms with van der Waals surface area (Å²) in [7, 11) is 0. The molecule has 3 heteroatoms. The van der Waals surface area contributed by atoms with E-state index in [2.05, 4.69) is 35.1 Å². The Morgan fingerprint density at radius 2 is 2.00 bits per heavy atom. The van der Waals surface area contributed by atoms with Crippen LogP contribution < -0.4 is 5.32 Å². The minimum absolute atomic E-state index is 0.269. The van der Waals surface area contributed by atoms with E-state index in [0.717, 1.165) is 25.3 Å². The summed E-state index contributed by atoms with van der Waals surface area (Å²) >= 11 is 3.45. The van der Waals surface area contributed by atoms with Crippen LogP contribution in [0.4, 0.5) is 0 Å². The number of hydrogen-bond donors (Lipinski definition) is 1. The Morgan fingerprint density at radius 3 is 2.53 bits per heavy atom. The Hall–Kier alpha value is -0.0500. The summed E-state index contributed by atoms with van der Waals surface area (Å²) < 4.78 is 0. The second-order valence-corrected chi connectivity index (χ2v) is 6.95. The first-order valence-corrected chi connectivity index (χ1v) is 7.96. The highest BCUT2D eigenvalue weighted by molar-refractivity contribution is 9.09. The third-order valence-corrected chi connectivity index (χ3v) is 4.06. The first kappa shape index (κ1) is 15.0. The van der Waals surface area contributed by atoms with Crippen molar-refractivity contribution in [2.24, 2.45) is 11.8 Å². The van der Waals surface area contributed by atoms with Crippen molar-refractivity contribution in [3.05, 3.63) is 0 Å². The van der Waals surface area contributed by atoms with Gasteiger partial charge in [0.2, 0.25) is 5.91 Å². The largest absolute Gasteiger partial charge is 0.355 e. The molecule has 1 rings (SSSR count). The zero-order valence-electron chi connectivity index (χ0n) is 11.2. The summed E-state index contributed by atoms with van der Waals surface area (Å²) in [5.41, 5.74) is 0. The van der Waals surface area contributed by atoms with Crippen LogP contribution in [0.5, 0.6) is 0 Å². The lowest BCUT2D eigenvalue weighted by Crippen LogP contribution is -2.35. The van der Waals surface area contributed by atoms with E-state index in [1.54, 1.807) is 0 Å². The average Bonchev–Trinajstić information content (AvgIpc) is 2.34. The molecule has 0 radical (unpaired) electrons. The van der Waals surface area contributed by atoms with E-state index < -0.39 is 0 Å². The minimum Gasteiger partial charge on any atom is -0.355 e. The number of unbranched alkanes of at least 4 members (excludes halogenated alkanes) is 1. The van der Waals surface area contributed by atoms with Crippen LogP contribution in [-0.2, 0) is 4.79 Å². The second-order valence-electron chi connectivity index (χ2n) is 5.39. The molecule has 0 saturated heterocycles. The molecule has 2 nitrogen and oxygen atoms in total. The van der Waals surface area contributed by atoms with Crippen LogP contribution in [0, 0.1) is 11.8 Å². The molecular formula is C14H26BrNO. The van der Waals surface area contributed by atoms with Gasteiger partial charge in [-0.3, -0.25) is 4.79 Å². The van der Waals surface area contributed by atoms with Gasteiger partial charge < -0.3 is 5.32 Å². The fourth-order valence-electron chi connectivity index (χ4n) is 2.59. The summed E-state index contributed by atoms with van der Waals surface area (Å²) in [5.74, 6) is 1.43. The molecule has 1 aliphatic carbocycles. The van der Waals surface area contributed by atoms with E-state index in [0.29, 0.717) is 4.83 Å². The van der Waals surface area contributed by atoms with Crippen molar-refractivity contribution in [1.29, 1.82) is 0 Å². The monoisotopic (exact) mass is 303 g/mol. The molecule has 1 aliphatic rings. The number of nitrogens with one attached hydrogen (secondary N) is 1. The summed E-state index contributed by atoms with van der Waals surface area (Å²) in [6, 6.07) is 0. The maximum absolute atomic E-state index is 11.9. The van der Waals surface area contributed by atoms with Gasteiger partial charge in [-0.2, -0.15) is 0 Å². The van der Waals surface area contributed by atoms with Crippen molar-refractivity contribution in [3.63, 3.8) is 0 Å². The number of alkyl halides is 1. The molecular weight excluding hydrogens is 278 g/mol. The van der Waals surface area contributed by atoms with Gasteiger partial charge in [0.15, 0.2) is 0 Å². The highest BCUT2D eigenvalue weighted by atomic mass is 79.9. The molecule has 0 spiro atoms. The van der Waals surface area contributed by atoms with E-state index in [1.807, 2.05) is 0 Å². The van der Waals surface area contributed by atoms with Crippen molar-refractivity contribution >= 4 is 21.8 Å². The Labute approximate surface area is 114 Å². The molecule has 100 valence electrons. The van der Waals surface area contributed by atoms with E-state index >= 15 is 0 Å². The van der Waals surface area contributed by atoms with Crippen LogP contribution in [0.2, 0.25) is 0 Å². The number of carbonyl (C=O) groups is 1. The average molecular weight is 304 g/mol. The van der Waals surface area contributed by atoms with Crippen LogP contribution in [-0.4, -0.2) is 17.3 Å². The normalized spacial score (nSPS) is 26.5. The Balaban J connectivity index is 2.19. The first-order chi connectivity index (χ1) is 8.13. The quantitative estimate of drug-likeness (QED) is 0.741. The molecule has 0 aliphatic heterocycles. The third kappa shape index (κ3) is 5.89. The lowest BCUT2D eigenvalue weighted by molar-refractivity contribution is -0.126. The number of halogens is 1. The van der Waals surface area contributed by atoms with Crippen molar-refractivity contribution in [2.45, 2.75) is 63.6 Å². The van der Waals surface area contributed by atoms with Gasteiger partial charge in [0.05, 0.1) is 0 Å². The summed E-state index contributed by atoms with van der Waals surface area (Å²) in [4.78, 5) is 12.3. The van der Waals surface area contributed by atoms with E-state index in [-0.39, 0.29) is 11.8 Å². The molecule has 0 bridgehead atoms. The number of hydrogen-bond acceptors (Lipinski definition) is 1.